The molecule has 3 rings (SSSR count). The number of guanidine groups is 1. The van der Waals surface area contributed by atoms with Gasteiger partial charge in [-0.25, -0.2) is 0 Å². The summed E-state index contributed by atoms with van der Waals surface area (Å²) in [5, 5.41) is 9.02. The van der Waals surface area contributed by atoms with Gasteiger partial charge in [0.05, 0.1) is 6.61 Å². The number of hydrogen-bond acceptors (Lipinski definition) is 4. The fourth-order valence-electron chi connectivity index (χ4n) is 3.28. The Morgan fingerprint density at radius 2 is 1.70 bits per heavy atom. The van der Waals surface area contributed by atoms with E-state index >= 15 is 0 Å². The molecule has 0 aliphatic carbocycles. The third-order valence-electron chi connectivity index (χ3n) is 4.92. The number of nitrogens with two attached hydrogens (primary N) is 1. The number of hydrogen-bond donors (Lipinski definition) is 3. The molecule has 0 aliphatic rings. The first kappa shape index (κ1) is 23.9. The number of ether oxygens (including phenoxy) is 2. The number of carbonyl (C=O) groups excluding carboxylic acids is 1. The summed E-state index contributed by atoms with van der Waals surface area (Å²) in [6, 6.07) is 22.1. The highest BCUT2D eigenvalue weighted by molar-refractivity contribution is 5.83. The maximum atomic E-state index is 10.8. The minimum absolute atomic E-state index is 0.114. The van der Waals surface area contributed by atoms with Crippen LogP contribution in [0.4, 0.5) is 0 Å². The van der Waals surface area contributed by atoms with Crippen molar-refractivity contribution in [1.82, 2.24) is 10.6 Å². The highest BCUT2D eigenvalue weighted by atomic mass is 16.5. The van der Waals surface area contributed by atoms with Gasteiger partial charge in [0.15, 0.2) is 12.6 Å². The van der Waals surface area contributed by atoms with Gasteiger partial charge < -0.3 is 25.8 Å². The molecule has 0 aromatic heterocycles. The molecule has 0 fully saturated rings. The highest BCUT2D eigenvalue weighted by Gasteiger charge is 2.01. The van der Waals surface area contributed by atoms with Gasteiger partial charge in [0.1, 0.15) is 11.5 Å². The van der Waals surface area contributed by atoms with Crippen LogP contribution in [0.2, 0.25) is 0 Å². The molecule has 0 spiro atoms. The van der Waals surface area contributed by atoms with E-state index in [2.05, 4.69) is 39.9 Å². The average molecular weight is 449 g/mol. The smallest absolute Gasteiger partial charge is 0.255 e. The van der Waals surface area contributed by atoms with E-state index in [1.54, 1.807) is 0 Å². The Bertz CT molecular complexity index is 1050. The van der Waals surface area contributed by atoms with Crippen molar-refractivity contribution in [2.75, 3.05) is 32.8 Å². The van der Waals surface area contributed by atoms with Crippen LogP contribution in [0, 0.1) is 0 Å². The van der Waals surface area contributed by atoms with E-state index in [0.29, 0.717) is 18.9 Å². The zero-order chi connectivity index (χ0) is 23.3. The lowest BCUT2D eigenvalue weighted by Gasteiger charge is -2.12. The molecule has 3 aromatic rings. The van der Waals surface area contributed by atoms with Gasteiger partial charge in [-0.3, -0.25) is 9.79 Å². The Labute approximate surface area is 195 Å². The van der Waals surface area contributed by atoms with Crippen molar-refractivity contribution in [3.63, 3.8) is 0 Å². The molecule has 174 valence electrons. The Morgan fingerprint density at radius 1 is 0.939 bits per heavy atom. The number of fused-ring (bicyclic) bond motifs is 1. The number of benzene rings is 3. The first-order valence-corrected chi connectivity index (χ1v) is 11.3. The fourth-order valence-corrected chi connectivity index (χ4v) is 3.28. The van der Waals surface area contributed by atoms with Gasteiger partial charge in [-0.15, -0.1) is 0 Å². The second-order valence-electron chi connectivity index (χ2n) is 7.55. The molecule has 0 aliphatic heterocycles. The number of nitrogens with zero attached hydrogens (tertiary/aromatic N) is 1. The summed E-state index contributed by atoms with van der Waals surface area (Å²) in [6.45, 7) is 4.77. The third-order valence-corrected chi connectivity index (χ3v) is 4.92. The van der Waals surface area contributed by atoms with Crippen molar-refractivity contribution >= 4 is 22.6 Å². The Balaban J connectivity index is 1.38. The summed E-state index contributed by atoms with van der Waals surface area (Å²) >= 11 is 0. The van der Waals surface area contributed by atoms with E-state index in [1.165, 1.54) is 10.8 Å². The summed E-state index contributed by atoms with van der Waals surface area (Å²) in [5.74, 6) is 1.82. The van der Waals surface area contributed by atoms with Gasteiger partial charge in [0.2, 0.25) is 0 Å². The topological polar surface area (TPSA) is 98.0 Å². The molecule has 0 unspecified atom stereocenters. The van der Waals surface area contributed by atoms with E-state index in [-0.39, 0.29) is 6.61 Å². The lowest BCUT2D eigenvalue weighted by Crippen LogP contribution is -2.38. The quantitative estimate of drug-likeness (QED) is 0.224. The zero-order valence-electron chi connectivity index (χ0n) is 19.0. The van der Waals surface area contributed by atoms with E-state index in [0.717, 1.165) is 43.2 Å². The zero-order valence-corrected chi connectivity index (χ0v) is 19.0. The normalized spacial score (nSPS) is 11.2. The number of amides is 1. The summed E-state index contributed by atoms with van der Waals surface area (Å²) in [6.07, 6.45) is 1.67. The lowest BCUT2D eigenvalue weighted by molar-refractivity contribution is -0.119. The van der Waals surface area contributed by atoms with E-state index in [1.807, 2.05) is 49.4 Å². The monoisotopic (exact) mass is 448 g/mol. The van der Waals surface area contributed by atoms with Crippen LogP contribution in [-0.4, -0.2) is 44.7 Å². The molecule has 0 atom stereocenters. The Kier molecular flexibility index (Phi) is 9.39. The van der Waals surface area contributed by atoms with Crippen LogP contribution in [0.25, 0.3) is 10.8 Å². The molecule has 0 heterocycles. The van der Waals surface area contributed by atoms with Gasteiger partial charge in [0.25, 0.3) is 5.91 Å². The minimum atomic E-state index is -0.487. The molecule has 3 aromatic carbocycles. The summed E-state index contributed by atoms with van der Waals surface area (Å²) in [5.41, 5.74) is 6.25. The van der Waals surface area contributed by atoms with Crippen molar-refractivity contribution < 1.29 is 14.3 Å². The van der Waals surface area contributed by atoms with Crippen molar-refractivity contribution in [3.05, 3.63) is 72.3 Å². The van der Waals surface area contributed by atoms with E-state index < -0.39 is 5.91 Å². The van der Waals surface area contributed by atoms with Crippen molar-refractivity contribution in [3.8, 4) is 11.5 Å². The first-order chi connectivity index (χ1) is 16.1. The van der Waals surface area contributed by atoms with Crippen LogP contribution in [0.5, 0.6) is 11.5 Å². The van der Waals surface area contributed by atoms with Gasteiger partial charge in [-0.1, -0.05) is 42.5 Å². The van der Waals surface area contributed by atoms with Gasteiger partial charge >= 0.3 is 0 Å². The molecule has 0 bridgehead atoms. The maximum Gasteiger partial charge on any atom is 0.255 e. The molecule has 7 nitrogen and oxygen atoms in total. The highest BCUT2D eigenvalue weighted by Crippen LogP contribution is 2.20. The number of nitrogens with one attached hydrogen (secondary N) is 2. The summed E-state index contributed by atoms with van der Waals surface area (Å²) in [4.78, 5) is 15.4. The molecular formula is C26H32N4O3. The molecule has 33 heavy (non-hydrogen) atoms. The molecule has 1 amide bonds. The number of primary amides is 1. The Hall–Kier alpha value is -3.74. The van der Waals surface area contributed by atoms with Crippen molar-refractivity contribution in [2.24, 2.45) is 10.7 Å². The molecular weight excluding hydrogens is 416 g/mol. The first-order valence-electron chi connectivity index (χ1n) is 11.3. The number of rotatable bonds is 12. The summed E-state index contributed by atoms with van der Waals surface area (Å²) < 4.78 is 11.2. The average Bonchev–Trinajstić information content (AvgIpc) is 2.83. The molecule has 0 saturated heterocycles. The third kappa shape index (κ3) is 8.37. The summed E-state index contributed by atoms with van der Waals surface area (Å²) in [7, 11) is 0. The van der Waals surface area contributed by atoms with E-state index in [4.69, 9.17) is 15.2 Å². The van der Waals surface area contributed by atoms with Crippen LogP contribution in [0.3, 0.4) is 0 Å². The lowest BCUT2D eigenvalue weighted by atomic mass is 10.1. The largest absolute Gasteiger partial charge is 0.494 e. The predicted molar refractivity (Wildman–Crippen MR) is 133 cm³/mol. The van der Waals surface area contributed by atoms with Crippen molar-refractivity contribution in [2.45, 2.75) is 19.8 Å². The Morgan fingerprint density at radius 3 is 2.45 bits per heavy atom. The molecule has 7 heteroatoms. The number of carbonyl (C=O) groups is 1. The van der Waals surface area contributed by atoms with Gasteiger partial charge in [0, 0.05) is 26.1 Å². The predicted octanol–water partition coefficient (Wildman–Crippen LogP) is 3.27. The maximum absolute atomic E-state index is 10.8. The SMILES string of the molecule is CCNC(=NCCCOc1ccc2ccccc2c1)NCCc1ccc(OCC(N)=O)cc1. The van der Waals surface area contributed by atoms with Crippen molar-refractivity contribution in [1.29, 1.82) is 0 Å². The second kappa shape index (κ2) is 13.0. The van der Waals surface area contributed by atoms with Gasteiger partial charge in [-0.2, -0.15) is 0 Å². The van der Waals surface area contributed by atoms with Crippen LogP contribution < -0.4 is 25.8 Å². The fraction of sp³-hybridized carbons (Fsp3) is 0.308. The molecule has 0 saturated carbocycles. The molecule has 0 radical (unpaired) electrons. The number of aliphatic imine (C=N–C) groups is 1. The minimum Gasteiger partial charge on any atom is -0.494 e. The van der Waals surface area contributed by atoms with E-state index in [9.17, 15) is 4.79 Å². The van der Waals surface area contributed by atoms with Crippen LogP contribution >= 0.6 is 0 Å². The standard InChI is InChI=1S/C26H32N4O3/c1-2-28-26(30-16-14-20-8-11-23(12-9-20)33-19-25(27)31)29-15-5-17-32-24-13-10-21-6-3-4-7-22(21)18-24/h3-4,6-13,18H,2,5,14-17,19H2,1H3,(H2,27,31)(H2,28,29,30). The second-order valence-corrected chi connectivity index (χ2v) is 7.55. The van der Waals surface area contributed by atoms with Crippen LogP contribution in [0.1, 0.15) is 18.9 Å². The van der Waals surface area contributed by atoms with Crippen LogP contribution in [0.15, 0.2) is 71.7 Å². The van der Waals surface area contributed by atoms with Crippen LogP contribution in [-0.2, 0) is 11.2 Å². The van der Waals surface area contributed by atoms with Gasteiger partial charge in [-0.05, 0) is 53.9 Å². The molecule has 4 N–H and O–H groups in total.